The van der Waals surface area contributed by atoms with Gasteiger partial charge in [0.15, 0.2) is 0 Å². The van der Waals surface area contributed by atoms with Crippen LogP contribution in [0.5, 0.6) is 0 Å². The molecule has 5 nitrogen and oxygen atoms in total. The van der Waals surface area contributed by atoms with Crippen molar-refractivity contribution >= 4 is 23.4 Å². The Balaban J connectivity index is 1.77. The molecule has 0 aliphatic rings. The summed E-state index contributed by atoms with van der Waals surface area (Å²) in [6.07, 6.45) is -4.45. The van der Waals surface area contributed by atoms with Crippen molar-refractivity contribution in [1.29, 1.82) is 0 Å². The standard InChI is InChI=1S/C20H21ClF3N3O2/c1-27(12-18(28)25-10-14-4-8-17(21)9-5-14)11-15-2-6-16(7-3-15)19(29)26-13-20(22,23)24/h2-9H,10-13H2,1H3,(H,25,28)(H,26,29). The average Bonchev–Trinajstić information content (AvgIpc) is 2.65. The highest BCUT2D eigenvalue weighted by Crippen LogP contribution is 2.13. The average molecular weight is 428 g/mol. The number of nitrogens with zero attached hydrogens (tertiary/aromatic N) is 1. The van der Waals surface area contributed by atoms with E-state index in [4.69, 9.17) is 11.6 Å². The van der Waals surface area contributed by atoms with Crippen LogP contribution in [-0.4, -0.2) is 43.0 Å². The van der Waals surface area contributed by atoms with Gasteiger partial charge in [-0.1, -0.05) is 35.9 Å². The minimum Gasteiger partial charge on any atom is -0.351 e. The van der Waals surface area contributed by atoms with Crippen molar-refractivity contribution in [2.45, 2.75) is 19.3 Å². The molecule has 2 N–H and O–H groups in total. The number of hydrogen-bond acceptors (Lipinski definition) is 3. The van der Waals surface area contributed by atoms with Gasteiger partial charge in [-0.3, -0.25) is 14.5 Å². The highest BCUT2D eigenvalue weighted by molar-refractivity contribution is 6.30. The number of nitrogens with one attached hydrogen (secondary N) is 2. The molecule has 156 valence electrons. The van der Waals surface area contributed by atoms with Crippen molar-refractivity contribution in [3.63, 3.8) is 0 Å². The van der Waals surface area contributed by atoms with Gasteiger partial charge in [0, 0.05) is 23.7 Å². The largest absolute Gasteiger partial charge is 0.405 e. The minimum atomic E-state index is -4.45. The lowest BCUT2D eigenvalue weighted by molar-refractivity contribution is -0.123. The van der Waals surface area contributed by atoms with Crippen molar-refractivity contribution in [2.75, 3.05) is 20.1 Å². The van der Waals surface area contributed by atoms with E-state index in [1.165, 1.54) is 12.1 Å². The first-order chi connectivity index (χ1) is 13.6. The summed E-state index contributed by atoms with van der Waals surface area (Å²) in [5, 5.41) is 5.27. The number of rotatable bonds is 8. The summed E-state index contributed by atoms with van der Waals surface area (Å²) in [4.78, 5) is 25.5. The van der Waals surface area contributed by atoms with E-state index in [9.17, 15) is 22.8 Å². The Hall–Kier alpha value is -2.58. The molecule has 2 aromatic carbocycles. The van der Waals surface area contributed by atoms with Gasteiger partial charge in [0.05, 0.1) is 6.54 Å². The number of carbonyl (C=O) groups is 2. The number of alkyl halides is 3. The Morgan fingerprint density at radius 2 is 1.55 bits per heavy atom. The maximum atomic E-state index is 12.2. The van der Waals surface area contributed by atoms with Crippen molar-refractivity contribution in [3.05, 3.63) is 70.2 Å². The van der Waals surface area contributed by atoms with Gasteiger partial charge in [-0.2, -0.15) is 13.2 Å². The van der Waals surface area contributed by atoms with Crippen LogP contribution >= 0.6 is 11.6 Å². The Bertz CT molecular complexity index is 824. The van der Waals surface area contributed by atoms with Gasteiger partial charge >= 0.3 is 6.18 Å². The third-order valence-corrected chi connectivity index (χ3v) is 4.19. The highest BCUT2D eigenvalue weighted by atomic mass is 35.5. The molecule has 0 aliphatic carbocycles. The molecular formula is C20H21ClF3N3O2. The van der Waals surface area contributed by atoms with Gasteiger partial charge in [-0.25, -0.2) is 0 Å². The van der Waals surface area contributed by atoms with Gasteiger partial charge in [-0.15, -0.1) is 0 Å². The second kappa shape index (κ2) is 10.3. The molecule has 2 rings (SSSR count). The smallest absolute Gasteiger partial charge is 0.351 e. The first-order valence-corrected chi connectivity index (χ1v) is 9.14. The van der Waals surface area contributed by atoms with Crippen molar-refractivity contribution in [3.8, 4) is 0 Å². The van der Waals surface area contributed by atoms with Crippen molar-refractivity contribution < 1.29 is 22.8 Å². The maximum Gasteiger partial charge on any atom is 0.405 e. The number of carbonyl (C=O) groups excluding carboxylic acids is 2. The van der Waals surface area contributed by atoms with E-state index in [1.54, 1.807) is 36.2 Å². The lowest BCUT2D eigenvalue weighted by Crippen LogP contribution is -2.34. The Morgan fingerprint density at radius 3 is 2.14 bits per heavy atom. The fraction of sp³-hybridized carbons (Fsp3) is 0.300. The van der Waals surface area contributed by atoms with Crippen molar-refractivity contribution in [1.82, 2.24) is 15.5 Å². The molecule has 0 aromatic heterocycles. The molecule has 0 bridgehead atoms. The summed E-state index contributed by atoms with van der Waals surface area (Å²) in [5.74, 6) is -0.936. The van der Waals surface area contributed by atoms with Crippen LogP contribution in [0.2, 0.25) is 5.02 Å². The van der Waals surface area contributed by atoms with E-state index < -0.39 is 18.6 Å². The molecule has 0 saturated carbocycles. The molecule has 9 heteroatoms. The molecule has 2 amide bonds. The highest BCUT2D eigenvalue weighted by Gasteiger charge is 2.27. The van der Waals surface area contributed by atoms with Crippen LogP contribution in [0.3, 0.4) is 0 Å². The van der Waals surface area contributed by atoms with Crippen LogP contribution in [0.25, 0.3) is 0 Å². The van der Waals surface area contributed by atoms with E-state index in [0.29, 0.717) is 18.1 Å². The summed E-state index contributed by atoms with van der Waals surface area (Å²) in [5.41, 5.74) is 1.90. The number of amides is 2. The summed E-state index contributed by atoms with van der Waals surface area (Å²) in [6, 6.07) is 13.4. The van der Waals surface area contributed by atoms with Gasteiger partial charge < -0.3 is 10.6 Å². The van der Waals surface area contributed by atoms with E-state index >= 15 is 0 Å². The maximum absolute atomic E-state index is 12.2. The molecule has 0 heterocycles. The van der Waals surface area contributed by atoms with Gasteiger partial charge in [0.2, 0.25) is 5.91 Å². The molecule has 0 radical (unpaired) electrons. The van der Waals surface area contributed by atoms with Crippen LogP contribution in [0.4, 0.5) is 13.2 Å². The molecule has 0 spiro atoms. The zero-order chi connectivity index (χ0) is 21.4. The molecule has 29 heavy (non-hydrogen) atoms. The van der Waals surface area contributed by atoms with E-state index in [1.807, 2.05) is 17.4 Å². The minimum absolute atomic E-state index is 0.140. The summed E-state index contributed by atoms with van der Waals surface area (Å²) in [6.45, 7) is -0.368. The SMILES string of the molecule is CN(CC(=O)NCc1ccc(Cl)cc1)Cc1ccc(C(=O)NCC(F)(F)F)cc1. The van der Waals surface area contributed by atoms with Crippen LogP contribution in [0, 0.1) is 0 Å². The van der Waals surface area contributed by atoms with Gasteiger partial charge in [0.1, 0.15) is 6.54 Å². The first kappa shape index (κ1) is 22.7. The van der Waals surface area contributed by atoms with E-state index in [-0.39, 0.29) is 18.0 Å². The van der Waals surface area contributed by atoms with E-state index in [0.717, 1.165) is 11.1 Å². The Morgan fingerprint density at radius 1 is 0.966 bits per heavy atom. The summed E-state index contributed by atoms with van der Waals surface area (Å²) in [7, 11) is 1.77. The zero-order valence-corrected chi connectivity index (χ0v) is 16.5. The monoisotopic (exact) mass is 427 g/mol. The molecule has 0 aliphatic heterocycles. The van der Waals surface area contributed by atoms with Crippen LogP contribution in [0.15, 0.2) is 48.5 Å². The predicted octanol–water partition coefficient (Wildman–Crippen LogP) is 3.38. The molecular weight excluding hydrogens is 407 g/mol. The second-order valence-electron chi connectivity index (χ2n) is 6.57. The van der Waals surface area contributed by atoms with Crippen molar-refractivity contribution in [2.24, 2.45) is 0 Å². The third kappa shape index (κ3) is 8.53. The van der Waals surface area contributed by atoms with Gasteiger partial charge in [-0.05, 0) is 42.4 Å². The lowest BCUT2D eigenvalue weighted by Gasteiger charge is -2.17. The fourth-order valence-electron chi connectivity index (χ4n) is 2.52. The second-order valence-corrected chi connectivity index (χ2v) is 7.01. The number of likely N-dealkylation sites (N-methyl/N-ethyl adjacent to an activating group) is 1. The lowest BCUT2D eigenvalue weighted by atomic mass is 10.1. The molecule has 0 saturated heterocycles. The topological polar surface area (TPSA) is 61.4 Å². The van der Waals surface area contributed by atoms with E-state index in [2.05, 4.69) is 5.32 Å². The Kier molecular flexibility index (Phi) is 8.04. The van der Waals surface area contributed by atoms with Crippen LogP contribution < -0.4 is 10.6 Å². The Labute approximate surface area is 171 Å². The first-order valence-electron chi connectivity index (χ1n) is 8.76. The molecule has 0 atom stereocenters. The quantitative estimate of drug-likeness (QED) is 0.679. The normalized spacial score (nSPS) is 11.4. The summed E-state index contributed by atoms with van der Waals surface area (Å²) < 4.78 is 36.5. The third-order valence-electron chi connectivity index (χ3n) is 3.93. The van der Waals surface area contributed by atoms with Crippen LogP contribution in [0.1, 0.15) is 21.5 Å². The number of benzene rings is 2. The van der Waals surface area contributed by atoms with Gasteiger partial charge in [0.25, 0.3) is 5.91 Å². The number of halogens is 4. The summed E-state index contributed by atoms with van der Waals surface area (Å²) >= 11 is 5.82. The molecule has 0 fully saturated rings. The zero-order valence-electron chi connectivity index (χ0n) is 15.7. The molecule has 0 unspecified atom stereocenters. The van der Waals surface area contributed by atoms with Crippen LogP contribution in [-0.2, 0) is 17.9 Å². The number of hydrogen-bond donors (Lipinski definition) is 2. The molecule has 2 aromatic rings. The fourth-order valence-corrected chi connectivity index (χ4v) is 2.64. The predicted molar refractivity (Wildman–Crippen MR) is 104 cm³/mol.